The van der Waals surface area contributed by atoms with Crippen molar-refractivity contribution in [2.75, 3.05) is 25.4 Å². The van der Waals surface area contributed by atoms with Crippen LogP contribution in [-0.4, -0.2) is 55.9 Å². The third kappa shape index (κ3) is 4.70. The molecule has 0 aromatic heterocycles. The van der Waals surface area contributed by atoms with Gasteiger partial charge in [0.15, 0.2) is 0 Å². The van der Waals surface area contributed by atoms with E-state index in [1.54, 1.807) is 4.31 Å². The summed E-state index contributed by atoms with van der Waals surface area (Å²) in [5.74, 6) is 0.232. The molecule has 2 aliphatic rings. The van der Waals surface area contributed by atoms with Gasteiger partial charge in [0.05, 0.1) is 17.5 Å². The van der Waals surface area contributed by atoms with Gasteiger partial charge >= 0.3 is 0 Å². The minimum atomic E-state index is -3.15. The minimum Gasteiger partial charge on any atom is -0.370 e. The van der Waals surface area contributed by atoms with E-state index in [0.29, 0.717) is 25.6 Å². The van der Waals surface area contributed by atoms with Crippen molar-refractivity contribution < 1.29 is 13.2 Å². The number of hydrogen-bond acceptors (Lipinski definition) is 4. The van der Waals surface area contributed by atoms with Gasteiger partial charge in [-0.3, -0.25) is 0 Å². The van der Waals surface area contributed by atoms with Crippen LogP contribution in [0, 0.1) is 0 Å². The molecule has 1 N–H and O–H groups in total. The predicted octanol–water partition coefficient (Wildman–Crippen LogP) is 0.958. The second kappa shape index (κ2) is 5.68. The highest BCUT2D eigenvalue weighted by Gasteiger charge is 2.36. The van der Waals surface area contributed by atoms with Crippen molar-refractivity contribution in [3.63, 3.8) is 0 Å². The lowest BCUT2D eigenvalue weighted by atomic mass is 10.1. The number of morpholine rings is 1. The summed E-state index contributed by atoms with van der Waals surface area (Å²) in [6, 6.07) is 0.644. The molecule has 2 fully saturated rings. The molecule has 0 amide bonds. The van der Waals surface area contributed by atoms with Crippen LogP contribution in [0.2, 0.25) is 0 Å². The molecule has 6 heteroatoms. The first kappa shape index (κ1) is 15.2. The molecule has 5 nitrogen and oxygen atoms in total. The second-order valence-electron chi connectivity index (χ2n) is 6.38. The molecule has 0 bridgehead atoms. The largest absolute Gasteiger partial charge is 0.370 e. The summed E-state index contributed by atoms with van der Waals surface area (Å²) in [5, 5.41) is 3.35. The van der Waals surface area contributed by atoms with Gasteiger partial charge in [-0.05, 0) is 46.6 Å². The second-order valence-corrected chi connectivity index (χ2v) is 8.47. The van der Waals surface area contributed by atoms with Crippen molar-refractivity contribution in [1.82, 2.24) is 9.62 Å². The summed E-state index contributed by atoms with van der Waals surface area (Å²) in [4.78, 5) is 0. The van der Waals surface area contributed by atoms with E-state index in [9.17, 15) is 8.42 Å². The molecule has 1 aliphatic carbocycles. The van der Waals surface area contributed by atoms with Gasteiger partial charge in [-0.15, -0.1) is 0 Å². The van der Waals surface area contributed by atoms with Gasteiger partial charge in [-0.25, -0.2) is 8.42 Å². The van der Waals surface area contributed by atoms with Crippen LogP contribution < -0.4 is 5.32 Å². The smallest absolute Gasteiger partial charge is 0.214 e. The molecule has 1 saturated heterocycles. The fourth-order valence-electron chi connectivity index (χ4n) is 2.58. The maximum Gasteiger partial charge on any atom is 0.214 e. The van der Waals surface area contributed by atoms with Crippen molar-refractivity contribution in [3.05, 3.63) is 0 Å². The Balaban J connectivity index is 1.83. The van der Waals surface area contributed by atoms with Gasteiger partial charge in [0, 0.05) is 19.1 Å². The van der Waals surface area contributed by atoms with Crippen molar-refractivity contribution >= 4 is 10.0 Å². The average Bonchev–Trinajstić information content (AvgIpc) is 3.05. The van der Waals surface area contributed by atoms with E-state index >= 15 is 0 Å². The highest BCUT2D eigenvalue weighted by Crippen LogP contribution is 2.23. The average molecular weight is 290 g/mol. The minimum absolute atomic E-state index is 0.0388. The van der Waals surface area contributed by atoms with E-state index in [1.807, 2.05) is 20.8 Å². The molecule has 1 aliphatic heterocycles. The van der Waals surface area contributed by atoms with E-state index in [1.165, 1.54) is 12.8 Å². The van der Waals surface area contributed by atoms with Gasteiger partial charge in [0.1, 0.15) is 0 Å². The lowest BCUT2D eigenvalue weighted by molar-refractivity contribution is -0.109. The SMILES string of the molecule is CC1CN(S(=O)(=O)CCCNC2CC2)CC(C)(C)O1. The highest BCUT2D eigenvalue weighted by molar-refractivity contribution is 7.89. The first-order valence-electron chi connectivity index (χ1n) is 7.17. The monoisotopic (exact) mass is 290 g/mol. The number of nitrogens with one attached hydrogen (secondary N) is 1. The zero-order valence-electron chi connectivity index (χ0n) is 12.2. The van der Waals surface area contributed by atoms with Crippen molar-refractivity contribution in [1.29, 1.82) is 0 Å². The van der Waals surface area contributed by atoms with Crippen molar-refractivity contribution in [2.24, 2.45) is 0 Å². The van der Waals surface area contributed by atoms with Crippen molar-refractivity contribution in [2.45, 2.75) is 57.8 Å². The molecule has 0 radical (unpaired) electrons. The Morgan fingerprint density at radius 1 is 1.37 bits per heavy atom. The zero-order valence-corrected chi connectivity index (χ0v) is 13.0. The van der Waals surface area contributed by atoms with Gasteiger partial charge in [-0.1, -0.05) is 0 Å². The van der Waals surface area contributed by atoms with Crippen molar-refractivity contribution in [3.8, 4) is 0 Å². The Bertz CT molecular complexity index is 404. The van der Waals surface area contributed by atoms with Crippen LogP contribution >= 0.6 is 0 Å². The third-order valence-corrected chi connectivity index (χ3v) is 5.39. The molecular formula is C13H26N2O3S. The number of rotatable bonds is 6. The van der Waals surface area contributed by atoms with Gasteiger partial charge in [0.2, 0.25) is 10.0 Å². The normalized spacial score (nSPS) is 28.5. The Morgan fingerprint density at radius 3 is 2.63 bits per heavy atom. The van der Waals surface area contributed by atoms with Crippen LogP contribution in [0.25, 0.3) is 0 Å². The number of hydrogen-bond donors (Lipinski definition) is 1. The molecule has 112 valence electrons. The number of ether oxygens (including phenoxy) is 1. The Labute approximate surface area is 116 Å². The molecule has 2 rings (SSSR count). The fraction of sp³-hybridized carbons (Fsp3) is 1.00. The predicted molar refractivity (Wildman–Crippen MR) is 75.6 cm³/mol. The molecule has 0 aromatic carbocycles. The van der Waals surface area contributed by atoms with Gasteiger partial charge in [0.25, 0.3) is 0 Å². The van der Waals surface area contributed by atoms with Gasteiger partial charge in [-0.2, -0.15) is 4.31 Å². The first-order valence-corrected chi connectivity index (χ1v) is 8.78. The lowest BCUT2D eigenvalue weighted by Gasteiger charge is -2.40. The highest BCUT2D eigenvalue weighted by atomic mass is 32.2. The fourth-order valence-corrected chi connectivity index (χ4v) is 4.30. The van der Waals surface area contributed by atoms with Crippen LogP contribution in [0.3, 0.4) is 0 Å². The summed E-state index contributed by atoms with van der Waals surface area (Å²) in [6.45, 7) is 7.54. The summed E-state index contributed by atoms with van der Waals surface area (Å²) < 4.78 is 32.0. The Kier molecular flexibility index (Phi) is 4.55. The Morgan fingerprint density at radius 2 is 2.05 bits per heavy atom. The molecule has 1 heterocycles. The topological polar surface area (TPSA) is 58.6 Å². The number of nitrogens with zero attached hydrogens (tertiary/aromatic N) is 1. The maximum absolute atomic E-state index is 12.3. The van der Waals surface area contributed by atoms with Crippen LogP contribution in [0.1, 0.15) is 40.0 Å². The van der Waals surface area contributed by atoms with Crippen LogP contribution in [0.4, 0.5) is 0 Å². The van der Waals surface area contributed by atoms with E-state index in [4.69, 9.17) is 4.74 Å². The van der Waals surface area contributed by atoms with Gasteiger partial charge < -0.3 is 10.1 Å². The van der Waals surface area contributed by atoms with Crippen LogP contribution in [-0.2, 0) is 14.8 Å². The molecule has 1 unspecified atom stereocenters. The first-order chi connectivity index (χ1) is 8.78. The summed E-state index contributed by atoms with van der Waals surface area (Å²) in [7, 11) is -3.15. The summed E-state index contributed by atoms with van der Waals surface area (Å²) in [5.41, 5.74) is -0.392. The quantitative estimate of drug-likeness (QED) is 0.740. The molecule has 1 atom stereocenters. The maximum atomic E-state index is 12.3. The van der Waals surface area contributed by atoms with E-state index in [-0.39, 0.29) is 11.9 Å². The lowest BCUT2D eigenvalue weighted by Crippen LogP contribution is -2.54. The van der Waals surface area contributed by atoms with E-state index < -0.39 is 15.6 Å². The Hall–Kier alpha value is -0.170. The molecule has 0 spiro atoms. The molecular weight excluding hydrogens is 264 g/mol. The van der Waals surface area contributed by atoms with E-state index in [0.717, 1.165) is 6.54 Å². The number of sulfonamides is 1. The zero-order chi connectivity index (χ0) is 14.1. The molecule has 1 saturated carbocycles. The van der Waals surface area contributed by atoms with Crippen LogP contribution in [0.5, 0.6) is 0 Å². The molecule has 0 aromatic rings. The standard InChI is InChI=1S/C13H26N2O3S/c1-11-9-15(10-13(2,3)18-11)19(16,17)8-4-7-14-12-5-6-12/h11-12,14H,4-10H2,1-3H3. The third-order valence-electron chi connectivity index (χ3n) is 3.52. The molecule has 19 heavy (non-hydrogen) atoms. The summed E-state index contributed by atoms with van der Waals surface area (Å²) in [6.07, 6.45) is 3.12. The van der Waals surface area contributed by atoms with E-state index in [2.05, 4.69) is 5.32 Å². The summed E-state index contributed by atoms with van der Waals surface area (Å²) >= 11 is 0. The van der Waals surface area contributed by atoms with Crippen LogP contribution in [0.15, 0.2) is 0 Å².